The van der Waals surface area contributed by atoms with Crippen LogP contribution < -0.4 is 10.2 Å². The number of rotatable bonds is 2. The van der Waals surface area contributed by atoms with Gasteiger partial charge in [0.05, 0.1) is 19.2 Å². The maximum atomic E-state index is 13.2. The first-order chi connectivity index (χ1) is 12.0. The lowest BCUT2D eigenvalue weighted by Gasteiger charge is -2.51. The van der Waals surface area contributed by atoms with Crippen LogP contribution in [-0.4, -0.2) is 63.1 Å². The maximum absolute atomic E-state index is 13.2. The number of aliphatic hydroxyl groups is 2. The van der Waals surface area contributed by atoms with E-state index in [9.17, 15) is 19.5 Å². The molecule has 1 saturated carbocycles. The maximum Gasteiger partial charge on any atom is 0.341 e. The summed E-state index contributed by atoms with van der Waals surface area (Å²) in [4.78, 5) is 39.0. The van der Waals surface area contributed by atoms with Gasteiger partial charge in [-0.2, -0.15) is 0 Å². The first kappa shape index (κ1) is 16.1. The van der Waals surface area contributed by atoms with Crippen molar-refractivity contribution in [3.63, 3.8) is 0 Å². The normalized spacial score (nSPS) is 30.5. The van der Waals surface area contributed by atoms with Crippen LogP contribution in [0.2, 0.25) is 0 Å². The molecule has 1 amide bonds. The molecular formula is C17H21N2O6+. The summed E-state index contributed by atoms with van der Waals surface area (Å²) in [7, 11) is 1.29. The molecule has 1 aromatic rings. The highest BCUT2D eigenvalue weighted by Crippen LogP contribution is 2.42. The summed E-state index contributed by atoms with van der Waals surface area (Å²) in [5, 5.41) is 9.37. The monoisotopic (exact) mass is 349 g/mol. The highest BCUT2D eigenvalue weighted by Gasteiger charge is 2.54. The lowest BCUT2D eigenvalue weighted by Crippen LogP contribution is -2.66. The quantitative estimate of drug-likeness (QED) is 0.779. The zero-order valence-corrected chi connectivity index (χ0v) is 14.1. The van der Waals surface area contributed by atoms with Crippen LogP contribution in [0.1, 0.15) is 53.1 Å². The van der Waals surface area contributed by atoms with Gasteiger partial charge in [-0.15, -0.1) is 0 Å². The smallest absolute Gasteiger partial charge is 0.341 e. The highest BCUT2D eigenvalue weighted by atomic mass is 16.5. The second kappa shape index (κ2) is 5.59. The van der Waals surface area contributed by atoms with Gasteiger partial charge in [0.25, 0.3) is 5.91 Å². The van der Waals surface area contributed by atoms with Crippen LogP contribution in [0.5, 0.6) is 5.75 Å². The Morgan fingerprint density at radius 3 is 2.80 bits per heavy atom. The van der Waals surface area contributed by atoms with Gasteiger partial charge in [0.2, 0.25) is 5.43 Å². The van der Waals surface area contributed by atoms with Gasteiger partial charge in [-0.25, -0.2) is 4.79 Å². The summed E-state index contributed by atoms with van der Waals surface area (Å²) in [6, 6.07) is -0.237. The van der Waals surface area contributed by atoms with E-state index >= 15 is 0 Å². The molecule has 1 aromatic heterocycles. The number of aromatic nitrogens is 1. The van der Waals surface area contributed by atoms with Gasteiger partial charge in [-0.1, -0.05) is 0 Å². The van der Waals surface area contributed by atoms with Crippen molar-refractivity contribution < 1.29 is 24.2 Å². The second-order valence-corrected chi connectivity index (χ2v) is 6.95. The summed E-state index contributed by atoms with van der Waals surface area (Å²) in [6.07, 6.45) is 4.05. The minimum atomic E-state index is -1.32. The minimum Gasteiger partial charge on any atom is -0.491 e. The van der Waals surface area contributed by atoms with E-state index in [1.54, 1.807) is 4.57 Å². The molecule has 0 bridgehead atoms. The summed E-state index contributed by atoms with van der Waals surface area (Å²) >= 11 is 0. The number of aromatic carboxylic acids is 1. The zero-order chi connectivity index (χ0) is 17.9. The van der Waals surface area contributed by atoms with E-state index in [2.05, 4.69) is 0 Å². The standard InChI is InChI=1S/C17H20N2O6/c1-8-7-25-11-5-3-4-10-12(11)19(8)16(21)13-15(24-2)14(20)9(17(22)23)6-18(10)13/h6,8,10-12H,3-5,7H2,1-2H3,(H,22,23)/p+1/t8-,10+,11-,12?/m1/s1. The largest absolute Gasteiger partial charge is 0.491 e. The van der Waals surface area contributed by atoms with Crippen molar-refractivity contribution in [3.8, 4) is 5.75 Å². The van der Waals surface area contributed by atoms with Crippen LogP contribution in [0.4, 0.5) is 0 Å². The molecule has 4 rings (SSSR count). The number of carboxylic acid groups (broad SMARTS) is 1. The van der Waals surface area contributed by atoms with Gasteiger partial charge in [-0.05, 0) is 19.8 Å². The number of methoxy groups -OCH3 is 1. The molecule has 0 spiro atoms. The fourth-order valence-electron chi connectivity index (χ4n) is 4.56. The first-order valence-electron chi connectivity index (χ1n) is 8.51. The molecule has 8 heteroatoms. The van der Waals surface area contributed by atoms with Crippen LogP contribution in [0.3, 0.4) is 0 Å². The van der Waals surface area contributed by atoms with Crippen molar-refractivity contribution >= 4 is 11.9 Å². The topological polar surface area (TPSA) is 102 Å². The Morgan fingerprint density at radius 2 is 2.12 bits per heavy atom. The second-order valence-electron chi connectivity index (χ2n) is 6.95. The predicted octanol–water partition coefficient (Wildman–Crippen LogP) is 0.403. The fraction of sp³-hybridized carbons (Fsp3) is 0.588. The molecule has 1 unspecified atom stereocenters. The molecule has 3 heterocycles. The van der Waals surface area contributed by atoms with Crippen LogP contribution >= 0.6 is 0 Å². The Hall–Kier alpha value is -2.35. The number of amides is 1. The molecule has 4 atom stereocenters. The van der Waals surface area contributed by atoms with Crippen molar-refractivity contribution in [1.29, 1.82) is 0 Å². The van der Waals surface area contributed by atoms with E-state index in [4.69, 9.17) is 9.47 Å². The number of fused-ring (bicyclic) bond motifs is 2. The van der Waals surface area contributed by atoms with Gasteiger partial charge in [0.1, 0.15) is 11.6 Å². The Bertz CT molecular complexity index is 816. The molecule has 0 radical (unpaired) electrons. The number of carboxylic acids is 1. The average molecular weight is 349 g/mol. The molecule has 1 aliphatic carbocycles. The van der Waals surface area contributed by atoms with E-state index in [1.165, 1.54) is 13.3 Å². The Kier molecular flexibility index (Phi) is 3.61. The average Bonchev–Trinajstić information content (AvgIpc) is 2.59. The third kappa shape index (κ3) is 2.13. The number of carbonyl (C=O) groups is 2. The minimum absolute atomic E-state index is 0.0536. The molecule has 1 saturated heterocycles. The molecule has 2 aliphatic heterocycles. The van der Waals surface area contributed by atoms with Crippen LogP contribution in [0.15, 0.2) is 11.0 Å². The number of hydrogen-bond donors (Lipinski definition) is 1. The Balaban J connectivity index is 1.99. The van der Waals surface area contributed by atoms with Crippen LogP contribution in [0, 0.1) is 0 Å². The van der Waals surface area contributed by atoms with Gasteiger partial charge < -0.3 is 24.0 Å². The number of hydrogen-bond acceptors (Lipinski definition) is 4. The van der Waals surface area contributed by atoms with E-state index in [-0.39, 0.29) is 47.1 Å². The molecule has 2 N–H and O–H groups in total. The van der Waals surface area contributed by atoms with Gasteiger partial charge >= 0.3 is 5.97 Å². The molecule has 8 nitrogen and oxygen atoms in total. The van der Waals surface area contributed by atoms with Crippen molar-refractivity contribution in [2.24, 2.45) is 0 Å². The summed E-state index contributed by atoms with van der Waals surface area (Å²) in [6.45, 7) is 2.54. The number of nitrogens with zero attached hydrogens (tertiary/aromatic N) is 2. The number of morpholine rings is 1. The summed E-state index contributed by atoms with van der Waals surface area (Å²) in [5.74, 6) is -1.77. The lowest BCUT2D eigenvalue weighted by molar-refractivity contribution is -0.212. The van der Waals surface area contributed by atoms with Crippen LogP contribution in [-0.2, 0) is 0 Å². The number of ether oxygens (including phenoxy) is 2. The molecular weight excluding hydrogens is 328 g/mol. The SMILES string of the molecule is COc1c2n(cc(C(=O)O)c1=O)[C@H]1CCC[C@H]3[OH+]C[C@@H](C)N(C2=O)C31. The van der Waals surface area contributed by atoms with Crippen molar-refractivity contribution in [2.45, 2.75) is 50.4 Å². The Labute approximate surface area is 143 Å². The van der Waals surface area contributed by atoms with E-state index in [0.29, 0.717) is 6.61 Å². The fourth-order valence-corrected chi connectivity index (χ4v) is 4.56. The van der Waals surface area contributed by atoms with Crippen molar-refractivity contribution in [2.75, 3.05) is 13.7 Å². The third-order valence-corrected chi connectivity index (χ3v) is 5.61. The molecule has 2 fully saturated rings. The molecule has 0 aromatic carbocycles. The van der Waals surface area contributed by atoms with Crippen LogP contribution in [0.25, 0.3) is 0 Å². The number of pyridine rings is 1. The molecule has 134 valence electrons. The first-order valence-corrected chi connectivity index (χ1v) is 8.51. The van der Waals surface area contributed by atoms with Crippen molar-refractivity contribution in [1.82, 2.24) is 9.47 Å². The lowest BCUT2D eigenvalue weighted by atomic mass is 9.82. The van der Waals surface area contributed by atoms with E-state index in [0.717, 1.165) is 19.3 Å². The third-order valence-electron chi connectivity index (χ3n) is 5.61. The summed E-state index contributed by atoms with van der Waals surface area (Å²) < 4.78 is 11.6. The van der Waals surface area contributed by atoms with E-state index < -0.39 is 11.4 Å². The van der Waals surface area contributed by atoms with E-state index in [1.807, 2.05) is 11.8 Å². The number of carbonyl (C=O) groups excluding carboxylic acids is 1. The highest BCUT2D eigenvalue weighted by molar-refractivity contribution is 5.98. The van der Waals surface area contributed by atoms with Gasteiger partial charge in [-0.3, -0.25) is 9.59 Å². The zero-order valence-electron chi connectivity index (χ0n) is 14.1. The van der Waals surface area contributed by atoms with Crippen molar-refractivity contribution in [3.05, 3.63) is 27.7 Å². The summed E-state index contributed by atoms with van der Waals surface area (Å²) in [5.41, 5.74) is -0.965. The predicted molar refractivity (Wildman–Crippen MR) is 87.4 cm³/mol. The molecule has 3 aliphatic rings. The van der Waals surface area contributed by atoms with Gasteiger partial charge in [0.15, 0.2) is 24.2 Å². The molecule has 25 heavy (non-hydrogen) atoms. The Morgan fingerprint density at radius 1 is 1.36 bits per heavy atom. The van der Waals surface area contributed by atoms with Gasteiger partial charge in [0, 0.05) is 12.6 Å².